The van der Waals surface area contributed by atoms with E-state index in [1.165, 1.54) is 57.2 Å². The Morgan fingerprint density at radius 3 is 2.76 bits per heavy atom. The summed E-state index contributed by atoms with van der Waals surface area (Å²) in [6, 6.07) is 11.8. The molecule has 94 valence electrons. The third-order valence-electron chi connectivity index (χ3n) is 3.86. The number of nitrogens with zero attached hydrogens (tertiary/aromatic N) is 1. The fourth-order valence-electron chi connectivity index (χ4n) is 2.83. The Morgan fingerprint density at radius 1 is 1.18 bits per heavy atom. The Kier molecular flexibility index (Phi) is 5.06. The minimum Gasteiger partial charge on any atom is -0.300 e. The molecule has 0 spiro atoms. The zero-order valence-electron chi connectivity index (χ0n) is 11.1. The number of unbranched alkanes of at least 4 members (excludes halogenated alkanes) is 1. The maximum atomic E-state index is 2.72. The molecule has 1 aromatic rings. The number of benzene rings is 1. The van der Waals surface area contributed by atoms with Gasteiger partial charge < -0.3 is 4.90 Å². The van der Waals surface area contributed by atoms with Gasteiger partial charge in [-0.1, -0.05) is 50.1 Å². The van der Waals surface area contributed by atoms with E-state index in [2.05, 4.69) is 42.2 Å². The third kappa shape index (κ3) is 3.85. The Morgan fingerprint density at radius 2 is 2.00 bits per heavy atom. The monoisotopic (exact) mass is 231 g/mol. The molecule has 1 atom stereocenters. The first-order valence-electron chi connectivity index (χ1n) is 7.18. The van der Waals surface area contributed by atoms with Crippen LogP contribution in [0.1, 0.15) is 44.6 Å². The van der Waals surface area contributed by atoms with Crippen molar-refractivity contribution in [2.45, 2.75) is 51.5 Å². The molecule has 1 aliphatic heterocycles. The average molecular weight is 231 g/mol. The SMILES string of the molecule is CCCCN1CCCCC1Cc1ccccc1. The molecular formula is C16H25N. The highest BCUT2D eigenvalue weighted by Crippen LogP contribution is 2.21. The second-order valence-electron chi connectivity index (χ2n) is 5.23. The molecule has 0 amide bonds. The highest BCUT2D eigenvalue weighted by atomic mass is 15.2. The maximum absolute atomic E-state index is 2.72. The molecule has 1 heteroatoms. The number of piperidine rings is 1. The summed E-state index contributed by atoms with van der Waals surface area (Å²) in [4.78, 5) is 2.72. The van der Waals surface area contributed by atoms with Gasteiger partial charge in [0, 0.05) is 6.04 Å². The Balaban J connectivity index is 1.92. The summed E-state index contributed by atoms with van der Waals surface area (Å²) in [5.74, 6) is 0. The van der Waals surface area contributed by atoms with Gasteiger partial charge in [-0.15, -0.1) is 0 Å². The summed E-state index contributed by atoms with van der Waals surface area (Å²) in [6.07, 6.45) is 8.11. The van der Waals surface area contributed by atoms with Gasteiger partial charge >= 0.3 is 0 Å². The molecule has 0 aromatic heterocycles. The summed E-state index contributed by atoms with van der Waals surface area (Å²) in [6.45, 7) is 4.90. The van der Waals surface area contributed by atoms with Crippen molar-refractivity contribution >= 4 is 0 Å². The Bertz CT molecular complexity index is 307. The highest BCUT2D eigenvalue weighted by molar-refractivity contribution is 5.16. The lowest BCUT2D eigenvalue weighted by Gasteiger charge is -2.36. The Labute approximate surface area is 106 Å². The fourth-order valence-corrected chi connectivity index (χ4v) is 2.83. The van der Waals surface area contributed by atoms with Crippen molar-refractivity contribution in [3.8, 4) is 0 Å². The molecular weight excluding hydrogens is 206 g/mol. The quantitative estimate of drug-likeness (QED) is 0.743. The first-order valence-corrected chi connectivity index (χ1v) is 7.18. The zero-order valence-corrected chi connectivity index (χ0v) is 11.1. The van der Waals surface area contributed by atoms with Crippen molar-refractivity contribution in [1.82, 2.24) is 4.90 Å². The summed E-state index contributed by atoms with van der Waals surface area (Å²) < 4.78 is 0. The fraction of sp³-hybridized carbons (Fsp3) is 0.625. The number of likely N-dealkylation sites (tertiary alicyclic amines) is 1. The van der Waals surface area contributed by atoms with E-state index >= 15 is 0 Å². The predicted molar refractivity (Wildman–Crippen MR) is 74.3 cm³/mol. The van der Waals surface area contributed by atoms with Gasteiger partial charge in [-0.25, -0.2) is 0 Å². The normalized spacial score (nSPS) is 21.6. The molecule has 0 saturated carbocycles. The predicted octanol–water partition coefficient (Wildman–Crippen LogP) is 3.88. The van der Waals surface area contributed by atoms with E-state index in [1.54, 1.807) is 0 Å². The van der Waals surface area contributed by atoms with Crippen LogP contribution in [0.2, 0.25) is 0 Å². The van der Waals surface area contributed by atoms with Crippen LogP contribution in [-0.2, 0) is 6.42 Å². The van der Waals surface area contributed by atoms with Gasteiger partial charge in [-0.05, 0) is 44.3 Å². The van der Waals surface area contributed by atoms with Gasteiger partial charge in [0.1, 0.15) is 0 Å². The van der Waals surface area contributed by atoms with Crippen LogP contribution in [0.15, 0.2) is 30.3 Å². The van der Waals surface area contributed by atoms with Crippen molar-refractivity contribution in [2.75, 3.05) is 13.1 Å². The smallest absolute Gasteiger partial charge is 0.0136 e. The van der Waals surface area contributed by atoms with Crippen molar-refractivity contribution in [3.63, 3.8) is 0 Å². The van der Waals surface area contributed by atoms with Crippen molar-refractivity contribution < 1.29 is 0 Å². The van der Waals surface area contributed by atoms with Crippen LogP contribution >= 0.6 is 0 Å². The summed E-state index contributed by atoms with van der Waals surface area (Å²) in [7, 11) is 0. The summed E-state index contributed by atoms with van der Waals surface area (Å²) in [5.41, 5.74) is 1.50. The molecule has 0 N–H and O–H groups in total. The molecule has 1 unspecified atom stereocenters. The van der Waals surface area contributed by atoms with E-state index in [-0.39, 0.29) is 0 Å². The first-order chi connectivity index (χ1) is 8.40. The topological polar surface area (TPSA) is 3.24 Å². The lowest BCUT2D eigenvalue weighted by atomic mass is 9.95. The molecule has 1 fully saturated rings. The molecule has 1 nitrogen and oxygen atoms in total. The molecule has 1 heterocycles. The van der Waals surface area contributed by atoms with E-state index < -0.39 is 0 Å². The summed E-state index contributed by atoms with van der Waals surface area (Å²) in [5, 5.41) is 0. The van der Waals surface area contributed by atoms with Gasteiger partial charge in [-0.2, -0.15) is 0 Å². The molecule has 0 aliphatic carbocycles. The van der Waals surface area contributed by atoms with Crippen molar-refractivity contribution in [3.05, 3.63) is 35.9 Å². The van der Waals surface area contributed by atoms with Gasteiger partial charge in [0.15, 0.2) is 0 Å². The first kappa shape index (κ1) is 12.6. The number of hydrogen-bond acceptors (Lipinski definition) is 1. The maximum Gasteiger partial charge on any atom is 0.0136 e. The molecule has 1 saturated heterocycles. The summed E-state index contributed by atoms with van der Waals surface area (Å²) >= 11 is 0. The van der Waals surface area contributed by atoms with Crippen molar-refractivity contribution in [2.24, 2.45) is 0 Å². The van der Waals surface area contributed by atoms with Gasteiger partial charge in [0.25, 0.3) is 0 Å². The van der Waals surface area contributed by atoms with Gasteiger partial charge in [-0.3, -0.25) is 0 Å². The standard InChI is InChI=1S/C16H25N/c1-2-3-12-17-13-8-7-11-16(17)14-15-9-5-4-6-10-15/h4-6,9-10,16H,2-3,7-8,11-14H2,1H3. The van der Waals surface area contributed by atoms with Crippen LogP contribution in [0.5, 0.6) is 0 Å². The van der Waals surface area contributed by atoms with Crippen LogP contribution in [0.4, 0.5) is 0 Å². The van der Waals surface area contributed by atoms with Crippen LogP contribution in [0.3, 0.4) is 0 Å². The molecule has 0 bridgehead atoms. The zero-order chi connectivity index (χ0) is 11.9. The molecule has 1 aliphatic rings. The molecule has 1 aromatic carbocycles. The molecule has 0 radical (unpaired) electrons. The molecule has 2 rings (SSSR count). The minimum absolute atomic E-state index is 0.790. The van der Waals surface area contributed by atoms with Crippen LogP contribution in [-0.4, -0.2) is 24.0 Å². The number of hydrogen-bond donors (Lipinski definition) is 0. The molecule has 17 heavy (non-hydrogen) atoms. The van der Waals surface area contributed by atoms with Crippen LogP contribution in [0, 0.1) is 0 Å². The second-order valence-corrected chi connectivity index (χ2v) is 5.23. The highest BCUT2D eigenvalue weighted by Gasteiger charge is 2.21. The lowest BCUT2D eigenvalue weighted by molar-refractivity contribution is 0.145. The third-order valence-corrected chi connectivity index (χ3v) is 3.86. The van der Waals surface area contributed by atoms with Gasteiger partial charge in [0.2, 0.25) is 0 Å². The lowest BCUT2D eigenvalue weighted by Crippen LogP contribution is -2.41. The second kappa shape index (κ2) is 6.80. The number of rotatable bonds is 5. The minimum atomic E-state index is 0.790. The van der Waals surface area contributed by atoms with E-state index in [0.717, 1.165) is 6.04 Å². The van der Waals surface area contributed by atoms with E-state index in [1.807, 2.05) is 0 Å². The van der Waals surface area contributed by atoms with E-state index in [4.69, 9.17) is 0 Å². The average Bonchev–Trinajstić information content (AvgIpc) is 2.39. The van der Waals surface area contributed by atoms with Gasteiger partial charge in [0.05, 0.1) is 0 Å². The largest absolute Gasteiger partial charge is 0.300 e. The van der Waals surface area contributed by atoms with Crippen LogP contribution < -0.4 is 0 Å². The van der Waals surface area contributed by atoms with Crippen LogP contribution in [0.25, 0.3) is 0 Å². The van der Waals surface area contributed by atoms with Crippen molar-refractivity contribution in [1.29, 1.82) is 0 Å². The Hall–Kier alpha value is -0.820. The van der Waals surface area contributed by atoms with E-state index in [0.29, 0.717) is 0 Å². The van der Waals surface area contributed by atoms with E-state index in [9.17, 15) is 0 Å².